The van der Waals surface area contributed by atoms with Crippen LogP contribution in [0.15, 0.2) is 66.7 Å². The predicted molar refractivity (Wildman–Crippen MR) is 179 cm³/mol. The molecule has 256 valence electrons. The lowest BCUT2D eigenvalue weighted by atomic mass is 10.0. The second kappa shape index (κ2) is 18.3. The van der Waals surface area contributed by atoms with Gasteiger partial charge in [-0.05, 0) is 79.3 Å². The van der Waals surface area contributed by atoms with E-state index in [2.05, 4.69) is 6.92 Å². The molecule has 48 heavy (non-hydrogen) atoms. The number of benzene rings is 4. The van der Waals surface area contributed by atoms with Crippen LogP contribution in [0.3, 0.4) is 0 Å². The molecule has 0 saturated heterocycles. The van der Waals surface area contributed by atoms with E-state index in [-0.39, 0.29) is 52.3 Å². The van der Waals surface area contributed by atoms with Gasteiger partial charge in [0.25, 0.3) is 0 Å². The van der Waals surface area contributed by atoms with E-state index in [0.29, 0.717) is 29.7 Å². The summed E-state index contributed by atoms with van der Waals surface area (Å²) in [4.78, 5) is 24.5. The second-order valence-electron chi connectivity index (χ2n) is 11.4. The number of ketones is 2. The highest BCUT2D eigenvalue weighted by Gasteiger charge is 2.17. The number of carbonyl (C=O) groups is 2. The Morgan fingerprint density at radius 1 is 0.604 bits per heavy atom. The molecule has 4 rings (SSSR count). The van der Waals surface area contributed by atoms with Crippen molar-refractivity contribution in [2.75, 3.05) is 13.2 Å². The van der Waals surface area contributed by atoms with Gasteiger partial charge in [0.15, 0.2) is 24.8 Å². The highest BCUT2D eigenvalue weighted by atomic mass is 19.2. The van der Waals surface area contributed by atoms with Gasteiger partial charge >= 0.3 is 0 Å². The van der Waals surface area contributed by atoms with Crippen LogP contribution in [0, 0.1) is 18.6 Å². The molecule has 4 aromatic rings. The molecule has 4 N–H and O–H groups in total. The summed E-state index contributed by atoms with van der Waals surface area (Å²) in [5.41, 5.74) is 2.47. The first-order chi connectivity index (χ1) is 22.9. The van der Waals surface area contributed by atoms with Crippen molar-refractivity contribution in [3.05, 3.63) is 106 Å². The van der Waals surface area contributed by atoms with E-state index >= 15 is 0 Å². The van der Waals surface area contributed by atoms with E-state index in [4.69, 9.17) is 9.47 Å². The number of rotatable bonds is 15. The summed E-state index contributed by atoms with van der Waals surface area (Å²) in [7, 11) is 0. The third-order valence-corrected chi connectivity index (χ3v) is 7.43. The Kier molecular flexibility index (Phi) is 14.2. The number of ether oxygens (including phenoxy) is 2. The van der Waals surface area contributed by atoms with E-state index in [1.54, 1.807) is 6.07 Å². The van der Waals surface area contributed by atoms with Gasteiger partial charge in [0.2, 0.25) is 11.6 Å². The van der Waals surface area contributed by atoms with E-state index in [9.17, 15) is 38.8 Å². The number of aromatic hydroxyl groups is 4. The molecule has 8 nitrogen and oxygen atoms in total. The number of phenolic OH excluding ortho intramolecular Hbond substituents is 4. The SMILES string of the molecule is CCCCCCc1cc(C(=O)COc2ccc(F)c(F)c2)c(O)cc1O.CCCc1cc(C(=O)COc2cccc(C)c2)c(O)cc1O. The van der Waals surface area contributed by atoms with Crippen molar-refractivity contribution in [3.8, 4) is 34.5 Å². The predicted octanol–water partition coefficient (Wildman–Crippen LogP) is 8.38. The van der Waals surface area contributed by atoms with Crippen LogP contribution in [-0.4, -0.2) is 45.2 Å². The lowest BCUT2D eigenvalue weighted by molar-refractivity contribution is 0.0911. The molecule has 0 fully saturated rings. The van der Waals surface area contributed by atoms with Crippen molar-refractivity contribution in [2.24, 2.45) is 0 Å². The first kappa shape index (κ1) is 37.3. The minimum atomic E-state index is -1.07. The van der Waals surface area contributed by atoms with Crippen molar-refractivity contribution < 1.29 is 48.3 Å². The third-order valence-electron chi connectivity index (χ3n) is 7.43. The average molecular weight is 665 g/mol. The maximum absolute atomic E-state index is 13.2. The average Bonchev–Trinajstić information content (AvgIpc) is 3.05. The molecule has 0 aliphatic rings. The largest absolute Gasteiger partial charge is 0.508 e. The molecule has 0 unspecified atom stereocenters. The molecule has 0 bridgehead atoms. The first-order valence-corrected chi connectivity index (χ1v) is 15.9. The Morgan fingerprint density at radius 3 is 1.69 bits per heavy atom. The molecular formula is C38H42F2O8. The molecule has 0 aliphatic heterocycles. The van der Waals surface area contributed by atoms with Crippen LogP contribution in [-0.2, 0) is 12.8 Å². The monoisotopic (exact) mass is 664 g/mol. The minimum Gasteiger partial charge on any atom is -0.508 e. The van der Waals surface area contributed by atoms with Crippen molar-refractivity contribution in [1.29, 1.82) is 0 Å². The van der Waals surface area contributed by atoms with Crippen molar-refractivity contribution in [1.82, 2.24) is 0 Å². The van der Waals surface area contributed by atoms with E-state index in [1.807, 2.05) is 32.0 Å². The maximum atomic E-state index is 13.2. The van der Waals surface area contributed by atoms with Gasteiger partial charge in [-0.2, -0.15) is 0 Å². The van der Waals surface area contributed by atoms with Crippen molar-refractivity contribution >= 4 is 11.6 Å². The topological polar surface area (TPSA) is 134 Å². The lowest BCUT2D eigenvalue weighted by Gasteiger charge is -2.11. The van der Waals surface area contributed by atoms with E-state index in [1.165, 1.54) is 24.3 Å². The molecule has 0 saturated carbocycles. The summed E-state index contributed by atoms with van der Waals surface area (Å²) < 4.78 is 36.7. The Balaban J connectivity index is 0.000000264. The summed E-state index contributed by atoms with van der Waals surface area (Å²) in [5.74, 6) is -2.93. The highest BCUT2D eigenvalue weighted by Crippen LogP contribution is 2.30. The Bertz CT molecular complexity index is 1700. The van der Waals surface area contributed by atoms with Gasteiger partial charge in [-0.3, -0.25) is 9.59 Å². The van der Waals surface area contributed by atoms with Gasteiger partial charge in [0.1, 0.15) is 34.5 Å². The Hall–Kier alpha value is -5.12. The van der Waals surface area contributed by atoms with Crippen molar-refractivity contribution in [3.63, 3.8) is 0 Å². The number of phenols is 4. The molecule has 0 amide bonds. The smallest absolute Gasteiger partial charge is 0.203 e. The van der Waals surface area contributed by atoms with Gasteiger partial charge in [0, 0.05) is 18.2 Å². The summed E-state index contributed by atoms with van der Waals surface area (Å²) in [6.45, 7) is 5.42. The summed E-state index contributed by atoms with van der Waals surface area (Å²) >= 11 is 0. The summed E-state index contributed by atoms with van der Waals surface area (Å²) in [6.07, 6.45) is 6.14. The first-order valence-electron chi connectivity index (χ1n) is 15.9. The standard InChI is InChI=1S/C20H22F2O4.C18H20O4/c1-2-3-4-5-6-13-9-15(19(24)11-18(13)23)20(25)12-26-14-7-8-16(21)17(22)10-14;1-3-5-13-9-15(17(20)10-16(13)19)18(21)11-22-14-7-4-6-12(2)8-14/h7-11,23-24H,2-6,12H2,1H3;4,6-10,19-20H,3,5,11H2,1-2H3. The zero-order valence-electron chi connectivity index (χ0n) is 27.4. The van der Waals surface area contributed by atoms with Crippen LogP contribution in [0.1, 0.15) is 83.4 Å². The van der Waals surface area contributed by atoms with Gasteiger partial charge in [-0.15, -0.1) is 0 Å². The molecule has 0 aliphatic carbocycles. The molecule has 0 spiro atoms. The van der Waals surface area contributed by atoms with Crippen LogP contribution < -0.4 is 9.47 Å². The number of hydrogen-bond donors (Lipinski definition) is 4. The Labute approximate surface area is 279 Å². The fourth-order valence-electron chi connectivity index (χ4n) is 4.83. The minimum absolute atomic E-state index is 0.00954. The third kappa shape index (κ3) is 11.0. The van der Waals surface area contributed by atoms with E-state index < -0.39 is 24.0 Å². The summed E-state index contributed by atoms with van der Waals surface area (Å²) in [6, 6.07) is 15.7. The molecule has 0 heterocycles. The number of aryl methyl sites for hydroxylation is 3. The fraction of sp³-hybridized carbons (Fsp3) is 0.316. The van der Waals surface area contributed by atoms with Crippen LogP contribution in [0.5, 0.6) is 34.5 Å². The normalized spacial score (nSPS) is 10.6. The molecule has 4 aromatic carbocycles. The number of Topliss-reactive ketones (excluding diaryl/α,β-unsaturated/α-hetero) is 2. The highest BCUT2D eigenvalue weighted by molar-refractivity contribution is 6.00. The number of unbranched alkanes of at least 4 members (excludes halogenated alkanes) is 3. The zero-order chi connectivity index (χ0) is 35.2. The second-order valence-corrected chi connectivity index (χ2v) is 11.4. The Morgan fingerprint density at radius 2 is 1.17 bits per heavy atom. The maximum Gasteiger partial charge on any atom is 0.203 e. The van der Waals surface area contributed by atoms with Gasteiger partial charge in [-0.1, -0.05) is 51.7 Å². The molecule has 0 aromatic heterocycles. The molecule has 0 radical (unpaired) electrons. The molecular weight excluding hydrogens is 622 g/mol. The quantitative estimate of drug-likeness (QED) is 0.0736. The van der Waals surface area contributed by atoms with Crippen molar-refractivity contribution in [2.45, 2.75) is 65.7 Å². The molecule has 10 heteroatoms. The molecule has 0 atom stereocenters. The van der Waals surface area contributed by atoms with Crippen LogP contribution in [0.25, 0.3) is 0 Å². The number of halogens is 2. The van der Waals surface area contributed by atoms with Gasteiger partial charge in [0.05, 0.1) is 11.1 Å². The van der Waals surface area contributed by atoms with Crippen LogP contribution in [0.4, 0.5) is 8.78 Å². The lowest BCUT2D eigenvalue weighted by Crippen LogP contribution is -2.12. The van der Waals surface area contributed by atoms with E-state index in [0.717, 1.165) is 55.9 Å². The van der Waals surface area contributed by atoms with Crippen LogP contribution in [0.2, 0.25) is 0 Å². The van der Waals surface area contributed by atoms with Crippen LogP contribution >= 0.6 is 0 Å². The summed E-state index contributed by atoms with van der Waals surface area (Å²) in [5, 5.41) is 39.5. The number of carbonyl (C=O) groups excluding carboxylic acids is 2. The van der Waals surface area contributed by atoms with Gasteiger partial charge < -0.3 is 29.9 Å². The van der Waals surface area contributed by atoms with Gasteiger partial charge in [-0.25, -0.2) is 8.78 Å². The fourth-order valence-corrected chi connectivity index (χ4v) is 4.83. The zero-order valence-corrected chi connectivity index (χ0v) is 27.4. The number of hydrogen-bond acceptors (Lipinski definition) is 8.